The van der Waals surface area contributed by atoms with E-state index < -0.39 is 11.5 Å². The van der Waals surface area contributed by atoms with E-state index >= 15 is 0 Å². The molecule has 0 aromatic heterocycles. The van der Waals surface area contributed by atoms with Gasteiger partial charge in [-0.1, -0.05) is 0 Å². The summed E-state index contributed by atoms with van der Waals surface area (Å²) in [4.78, 5) is 13.1. The molecule has 76 valence electrons. The van der Waals surface area contributed by atoms with E-state index in [1.165, 1.54) is 0 Å². The van der Waals surface area contributed by atoms with Crippen LogP contribution in [0, 0.1) is 0 Å². The van der Waals surface area contributed by atoms with E-state index in [0.717, 1.165) is 6.54 Å². The Hall–Kier alpha value is -0.610. The number of nitrogens with two attached hydrogens (primary N) is 1. The largest absolute Gasteiger partial charge is 0.480 e. The van der Waals surface area contributed by atoms with Gasteiger partial charge < -0.3 is 10.8 Å². The number of nitrogens with zero attached hydrogens (tertiary/aromatic N) is 1. The number of carbonyl (C=O) groups is 1. The molecule has 1 aliphatic rings. The molecule has 1 heterocycles. The van der Waals surface area contributed by atoms with E-state index in [9.17, 15) is 4.79 Å². The zero-order valence-electron chi connectivity index (χ0n) is 8.45. The summed E-state index contributed by atoms with van der Waals surface area (Å²) in [6.45, 7) is 6.79. The summed E-state index contributed by atoms with van der Waals surface area (Å²) < 4.78 is 0. The lowest BCUT2D eigenvalue weighted by molar-refractivity contribution is -0.144. The fourth-order valence-electron chi connectivity index (χ4n) is 2.00. The predicted octanol–water partition coefficient (Wildman–Crippen LogP) is 0.271. The molecule has 0 saturated carbocycles. The van der Waals surface area contributed by atoms with E-state index in [4.69, 9.17) is 10.8 Å². The Balaban J connectivity index is 2.81. The van der Waals surface area contributed by atoms with Gasteiger partial charge in [0.25, 0.3) is 0 Å². The number of carboxylic acid groups (broad SMARTS) is 1. The van der Waals surface area contributed by atoms with E-state index in [1.807, 2.05) is 6.92 Å². The van der Waals surface area contributed by atoms with Crippen LogP contribution in [0.4, 0.5) is 0 Å². The van der Waals surface area contributed by atoms with Crippen LogP contribution in [0.3, 0.4) is 0 Å². The number of rotatable bonds is 2. The monoisotopic (exact) mass is 186 g/mol. The highest BCUT2D eigenvalue weighted by atomic mass is 16.4. The van der Waals surface area contributed by atoms with Crippen molar-refractivity contribution in [2.75, 3.05) is 6.54 Å². The number of likely N-dealkylation sites (tertiary alicyclic amines) is 1. The quantitative estimate of drug-likeness (QED) is 0.649. The summed E-state index contributed by atoms with van der Waals surface area (Å²) in [6.07, 6.45) is 0.543. The van der Waals surface area contributed by atoms with Crippen molar-refractivity contribution >= 4 is 5.97 Å². The molecule has 0 aromatic rings. The van der Waals surface area contributed by atoms with Crippen LogP contribution in [0.15, 0.2) is 0 Å². The molecular weight excluding hydrogens is 168 g/mol. The molecule has 1 rings (SSSR count). The van der Waals surface area contributed by atoms with Gasteiger partial charge in [-0.2, -0.15) is 0 Å². The van der Waals surface area contributed by atoms with Gasteiger partial charge in [0.15, 0.2) is 0 Å². The Morgan fingerprint density at radius 2 is 2.23 bits per heavy atom. The lowest BCUT2D eigenvalue weighted by atomic mass is 9.93. The number of hydrogen-bond acceptors (Lipinski definition) is 3. The lowest BCUT2D eigenvalue weighted by Gasteiger charge is -2.31. The third-order valence-corrected chi connectivity index (χ3v) is 3.09. The van der Waals surface area contributed by atoms with Crippen LogP contribution in [-0.2, 0) is 4.79 Å². The maximum atomic E-state index is 11.0. The minimum absolute atomic E-state index is 0.0787. The molecule has 1 saturated heterocycles. The van der Waals surface area contributed by atoms with Gasteiger partial charge in [-0.3, -0.25) is 9.69 Å². The highest BCUT2D eigenvalue weighted by Crippen LogP contribution is 2.28. The molecular formula is C9H18N2O2. The van der Waals surface area contributed by atoms with Gasteiger partial charge in [0.1, 0.15) is 5.54 Å². The zero-order chi connectivity index (χ0) is 10.2. The Morgan fingerprint density at radius 1 is 1.69 bits per heavy atom. The first-order valence-electron chi connectivity index (χ1n) is 4.67. The van der Waals surface area contributed by atoms with Crippen LogP contribution in [0.25, 0.3) is 0 Å². The third kappa shape index (κ3) is 1.56. The molecule has 1 aliphatic heterocycles. The molecule has 0 aromatic carbocycles. The molecule has 0 amide bonds. The van der Waals surface area contributed by atoms with Crippen molar-refractivity contribution in [1.29, 1.82) is 0 Å². The molecule has 4 nitrogen and oxygen atoms in total. The van der Waals surface area contributed by atoms with Crippen LogP contribution < -0.4 is 5.73 Å². The van der Waals surface area contributed by atoms with Crippen molar-refractivity contribution in [1.82, 2.24) is 4.90 Å². The maximum absolute atomic E-state index is 11.0. The van der Waals surface area contributed by atoms with Crippen LogP contribution >= 0.6 is 0 Å². The van der Waals surface area contributed by atoms with E-state index in [0.29, 0.717) is 12.5 Å². The molecule has 1 fully saturated rings. The third-order valence-electron chi connectivity index (χ3n) is 3.09. The van der Waals surface area contributed by atoms with E-state index in [2.05, 4.69) is 18.7 Å². The standard InChI is InChI=1S/C9H18N2O2/c1-6(2)11-5-4-9(10,7(11)3)8(12)13/h6-7H,4-5,10H2,1-3H3,(H,12,13). The van der Waals surface area contributed by atoms with Gasteiger partial charge in [-0.25, -0.2) is 0 Å². The number of aliphatic carboxylic acids is 1. The Morgan fingerprint density at radius 3 is 2.46 bits per heavy atom. The van der Waals surface area contributed by atoms with Gasteiger partial charge >= 0.3 is 5.97 Å². The van der Waals surface area contributed by atoms with Crippen molar-refractivity contribution in [3.05, 3.63) is 0 Å². The average Bonchev–Trinajstić information content (AvgIpc) is 2.30. The Kier molecular flexibility index (Phi) is 2.63. The van der Waals surface area contributed by atoms with E-state index in [-0.39, 0.29) is 6.04 Å². The second-order valence-corrected chi connectivity index (χ2v) is 4.10. The fourth-order valence-corrected chi connectivity index (χ4v) is 2.00. The molecule has 0 radical (unpaired) electrons. The SMILES string of the molecule is CC(C)N1CCC(N)(C(=O)O)C1C. The topological polar surface area (TPSA) is 66.6 Å². The highest BCUT2D eigenvalue weighted by Gasteiger charge is 2.48. The lowest BCUT2D eigenvalue weighted by Crippen LogP contribution is -2.56. The van der Waals surface area contributed by atoms with Crippen LogP contribution in [0.2, 0.25) is 0 Å². The summed E-state index contributed by atoms with van der Waals surface area (Å²) in [5.41, 5.74) is 4.78. The summed E-state index contributed by atoms with van der Waals surface area (Å²) in [7, 11) is 0. The van der Waals surface area contributed by atoms with Crippen LogP contribution in [0.5, 0.6) is 0 Å². The van der Waals surface area contributed by atoms with Crippen molar-refractivity contribution in [2.45, 2.75) is 44.8 Å². The van der Waals surface area contributed by atoms with Crippen molar-refractivity contribution < 1.29 is 9.90 Å². The van der Waals surface area contributed by atoms with Gasteiger partial charge in [-0.15, -0.1) is 0 Å². The molecule has 2 atom stereocenters. The molecule has 4 heteroatoms. The Labute approximate surface area is 78.7 Å². The minimum atomic E-state index is -1.05. The molecule has 0 aliphatic carbocycles. The van der Waals surface area contributed by atoms with Crippen molar-refractivity contribution in [2.24, 2.45) is 5.73 Å². The molecule has 13 heavy (non-hydrogen) atoms. The van der Waals surface area contributed by atoms with Gasteiger partial charge in [0.2, 0.25) is 0 Å². The first-order valence-corrected chi connectivity index (χ1v) is 4.67. The second kappa shape index (κ2) is 3.27. The predicted molar refractivity (Wildman–Crippen MR) is 50.5 cm³/mol. The highest BCUT2D eigenvalue weighted by molar-refractivity contribution is 5.80. The molecule has 2 unspecified atom stereocenters. The summed E-state index contributed by atoms with van der Waals surface area (Å²) in [5.74, 6) is -0.886. The minimum Gasteiger partial charge on any atom is -0.480 e. The summed E-state index contributed by atoms with van der Waals surface area (Å²) >= 11 is 0. The normalized spacial score (nSPS) is 35.6. The van der Waals surface area contributed by atoms with E-state index in [1.54, 1.807) is 0 Å². The Bertz CT molecular complexity index is 218. The maximum Gasteiger partial charge on any atom is 0.325 e. The average molecular weight is 186 g/mol. The molecule has 0 spiro atoms. The molecule has 3 N–H and O–H groups in total. The second-order valence-electron chi connectivity index (χ2n) is 4.10. The summed E-state index contributed by atoms with van der Waals surface area (Å²) in [5, 5.41) is 8.99. The van der Waals surface area contributed by atoms with Gasteiger partial charge in [0, 0.05) is 18.6 Å². The van der Waals surface area contributed by atoms with Crippen molar-refractivity contribution in [3.63, 3.8) is 0 Å². The zero-order valence-corrected chi connectivity index (χ0v) is 8.45. The first kappa shape index (κ1) is 10.5. The fraction of sp³-hybridized carbons (Fsp3) is 0.889. The number of carboxylic acids is 1. The van der Waals surface area contributed by atoms with Crippen LogP contribution in [-0.4, -0.2) is 40.1 Å². The number of hydrogen-bond donors (Lipinski definition) is 2. The van der Waals surface area contributed by atoms with Crippen LogP contribution in [0.1, 0.15) is 27.2 Å². The summed E-state index contributed by atoms with van der Waals surface area (Å²) in [6, 6.07) is 0.282. The smallest absolute Gasteiger partial charge is 0.325 e. The first-order chi connectivity index (χ1) is 5.89. The molecule has 0 bridgehead atoms. The van der Waals surface area contributed by atoms with Gasteiger partial charge in [-0.05, 0) is 27.2 Å². The van der Waals surface area contributed by atoms with Gasteiger partial charge in [0.05, 0.1) is 0 Å². The van der Waals surface area contributed by atoms with Crippen molar-refractivity contribution in [3.8, 4) is 0 Å².